The van der Waals surface area contributed by atoms with Crippen molar-refractivity contribution in [3.8, 4) is 12.3 Å². The Balaban J connectivity index is 3.13. The summed E-state index contributed by atoms with van der Waals surface area (Å²) in [5, 5.41) is 12.7. The van der Waals surface area contributed by atoms with E-state index in [1.165, 1.54) is 6.92 Å². The van der Waals surface area contributed by atoms with E-state index in [-0.39, 0.29) is 0 Å². The molecule has 1 unspecified atom stereocenters. The molecule has 0 bridgehead atoms. The average Bonchev–Trinajstić information content (AvgIpc) is 2.22. The first kappa shape index (κ1) is 11.9. The van der Waals surface area contributed by atoms with Gasteiger partial charge >= 0.3 is 0 Å². The molecule has 0 amide bonds. The van der Waals surface area contributed by atoms with E-state index in [0.717, 1.165) is 0 Å². The number of hydrogen-bond donors (Lipinski definition) is 1. The van der Waals surface area contributed by atoms with Gasteiger partial charge in [0.2, 0.25) is 0 Å². The quantitative estimate of drug-likeness (QED) is 0.488. The van der Waals surface area contributed by atoms with Crippen molar-refractivity contribution in [3.63, 3.8) is 0 Å². The summed E-state index contributed by atoms with van der Waals surface area (Å²) in [4.78, 5) is 9.44. The molecule has 0 radical (unpaired) electrons. The highest BCUT2D eigenvalue weighted by Gasteiger charge is 2.17. The van der Waals surface area contributed by atoms with Gasteiger partial charge in [0.1, 0.15) is 5.69 Å². The molecule has 0 saturated heterocycles. The molecular weight excluding hydrogens is 218 g/mol. The molecule has 6 heteroatoms. The molecule has 0 fully saturated rings. The third-order valence-corrected chi connectivity index (χ3v) is 1.85. The van der Waals surface area contributed by atoms with E-state index < -0.39 is 34.0 Å². The van der Waals surface area contributed by atoms with Gasteiger partial charge in [0, 0.05) is 0 Å². The molecule has 1 aromatic rings. The van der Waals surface area contributed by atoms with E-state index >= 15 is 0 Å². The van der Waals surface area contributed by atoms with Gasteiger partial charge in [0.05, 0.1) is 23.1 Å². The van der Waals surface area contributed by atoms with Crippen LogP contribution in [0.4, 0.5) is 20.2 Å². The van der Waals surface area contributed by atoms with Gasteiger partial charge in [0.15, 0.2) is 11.6 Å². The van der Waals surface area contributed by atoms with E-state index in [4.69, 9.17) is 6.42 Å². The van der Waals surface area contributed by atoms with Crippen molar-refractivity contribution >= 4 is 11.4 Å². The van der Waals surface area contributed by atoms with Crippen LogP contribution in [0.25, 0.3) is 0 Å². The Morgan fingerprint density at radius 3 is 2.38 bits per heavy atom. The smallest absolute Gasteiger partial charge is 0.275 e. The van der Waals surface area contributed by atoms with Gasteiger partial charge in [-0.25, -0.2) is 8.78 Å². The molecule has 0 spiro atoms. The van der Waals surface area contributed by atoms with Crippen molar-refractivity contribution in [2.45, 2.75) is 13.0 Å². The standard InChI is InChI=1S/C10H8F2N2O2/c1-3-6(2)13-10-8(11)4-7(14(15)16)5-9(10)12/h1,4-6,13H,2H3. The van der Waals surface area contributed by atoms with Gasteiger partial charge in [-0.15, -0.1) is 6.42 Å². The molecular formula is C10H8F2N2O2. The summed E-state index contributed by atoms with van der Waals surface area (Å²) >= 11 is 0. The summed E-state index contributed by atoms with van der Waals surface area (Å²) in [6.07, 6.45) is 5.03. The molecule has 0 saturated carbocycles. The van der Waals surface area contributed by atoms with Crippen LogP contribution < -0.4 is 5.32 Å². The van der Waals surface area contributed by atoms with E-state index in [0.29, 0.717) is 12.1 Å². The van der Waals surface area contributed by atoms with Crippen LogP contribution in [0.3, 0.4) is 0 Å². The number of anilines is 1. The number of nitro benzene ring substituents is 1. The number of hydrogen-bond acceptors (Lipinski definition) is 3. The first-order valence-electron chi connectivity index (χ1n) is 4.31. The molecule has 0 aromatic heterocycles. The minimum Gasteiger partial charge on any atom is -0.367 e. The van der Waals surface area contributed by atoms with Gasteiger partial charge in [-0.2, -0.15) is 0 Å². The Bertz CT molecular complexity index is 445. The number of nitro groups is 1. The Kier molecular flexibility index (Phi) is 3.40. The Labute approximate surface area is 90.4 Å². The van der Waals surface area contributed by atoms with Crippen LogP contribution in [-0.2, 0) is 0 Å². The third kappa shape index (κ3) is 2.45. The topological polar surface area (TPSA) is 55.2 Å². The largest absolute Gasteiger partial charge is 0.367 e. The van der Waals surface area contributed by atoms with Crippen molar-refractivity contribution in [2.75, 3.05) is 5.32 Å². The van der Waals surface area contributed by atoms with Crippen LogP contribution >= 0.6 is 0 Å². The molecule has 0 aliphatic carbocycles. The highest BCUT2D eigenvalue weighted by atomic mass is 19.1. The fourth-order valence-electron chi connectivity index (χ4n) is 1.06. The molecule has 4 nitrogen and oxygen atoms in total. The summed E-state index contributed by atoms with van der Waals surface area (Å²) in [5.74, 6) is 0.132. The molecule has 1 aromatic carbocycles. The van der Waals surface area contributed by atoms with Gasteiger partial charge in [-0.05, 0) is 6.92 Å². The van der Waals surface area contributed by atoms with Gasteiger partial charge < -0.3 is 5.32 Å². The van der Waals surface area contributed by atoms with Crippen molar-refractivity contribution in [2.24, 2.45) is 0 Å². The van der Waals surface area contributed by atoms with Crippen LogP contribution in [0.5, 0.6) is 0 Å². The Morgan fingerprint density at radius 2 is 2.00 bits per heavy atom. The number of nitrogens with one attached hydrogen (secondary N) is 1. The third-order valence-electron chi connectivity index (χ3n) is 1.85. The number of terminal acetylenes is 1. The molecule has 0 heterocycles. The molecule has 16 heavy (non-hydrogen) atoms. The number of nitrogens with zero attached hydrogens (tertiary/aromatic N) is 1. The first-order chi connectivity index (χ1) is 7.45. The fraction of sp³-hybridized carbons (Fsp3) is 0.200. The lowest BCUT2D eigenvalue weighted by Crippen LogP contribution is -2.14. The van der Waals surface area contributed by atoms with Crippen molar-refractivity contribution in [1.82, 2.24) is 0 Å². The summed E-state index contributed by atoms with van der Waals surface area (Å²) in [6, 6.07) is 0.689. The number of rotatable bonds is 3. The first-order valence-corrected chi connectivity index (χ1v) is 4.31. The predicted octanol–water partition coefficient (Wildman–Crippen LogP) is 2.31. The lowest BCUT2D eigenvalue weighted by Gasteiger charge is -2.10. The number of non-ortho nitro benzene ring substituents is 1. The van der Waals surface area contributed by atoms with Crippen molar-refractivity contribution < 1.29 is 13.7 Å². The lowest BCUT2D eigenvalue weighted by molar-refractivity contribution is -0.385. The van der Waals surface area contributed by atoms with Crippen LogP contribution in [0, 0.1) is 34.1 Å². The van der Waals surface area contributed by atoms with Crippen LogP contribution in [0.15, 0.2) is 12.1 Å². The zero-order valence-corrected chi connectivity index (χ0v) is 8.33. The van der Waals surface area contributed by atoms with Gasteiger partial charge in [-0.3, -0.25) is 10.1 Å². The zero-order chi connectivity index (χ0) is 12.3. The summed E-state index contributed by atoms with van der Waals surface area (Å²) in [5.41, 5.74) is -1.11. The van der Waals surface area contributed by atoms with E-state index in [2.05, 4.69) is 11.2 Å². The van der Waals surface area contributed by atoms with Gasteiger partial charge in [0.25, 0.3) is 5.69 Å². The Hall–Kier alpha value is -2.16. The fourth-order valence-corrected chi connectivity index (χ4v) is 1.06. The van der Waals surface area contributed by atoms with Crippen LogP contribution in [0.1, 0.15) is 6.92 Å². The van der Waals surface area contributed by atoms with E-state index in [1.807, 2.05) is 0 Å². The highest BCUT2D eigenvalue weighted by molar-refractivity contribution is 5.53. The second-order valence-corrected chi connectivity index (χ2v) is 3.07. The SMILES string of the molecule is C#CC(C)Nc1c(F)cc([N+](=O)[O-])cc1F. The monoisotopic (exact) mass is 226 g/mol. The maximum atomic E-state index is 13.3. The lowest BCUT2D eigenvalue weighted by atomic mass is 10.2. The zero-order valence-electron chi connectivity index (χ0n) is 8.33. The molecule has 0 aliphatic rings. The van der Waals surface area contributed by atoms with E-state index in [9.17, 15) is 18.9 Å². The summed E-state index contributed by atoms with van der Waals surface area (Å²) < 4.78 is 26.6. The maximum Gasteiger partial charge on any atom is 0.275 e. The molecule has 1 atom stereocenters. The number of halogens is 2. The Morgan fingerprint density at radius 1 is 1.50 bits per heavy atom. The second kappa shape index (κ2) is 4.57. The molecule has 1 N–H and O–H groups in total. The minimum absolute atomic E-state index is 0.462. The predicted molar refractivity (Wildman–Crippen MR) is 54.9 cm³/mol. The van der Waals surface area contributed by atoms with Gasteiger partial charge in [-0.1, -0.05) is 5.92 Å². The molecule has 1 rings (SSSR count). The second-order valence-electron chi connectivity index (χ2n) is 3.07. The summed E-state index contributed by atoms with van der Waals surface area (Å²) in [7, 11) is 0. The maximum absolute atomic E-state index is 13.3. The normalized spacial score (nSPS) is 11.6. The van der Waals surface area contributed by atoms with Crippen molar-refractivity contribution in [1.29, 1.82) is 0 Å². The van der Waals surface area contributed by atoms with Crippen LogP contribution in [0.2, 0.25) is 0 Å². The number of benzene rings is 1. The van der Waals surface area contributed by atoms with Crippen LogP contribution in [-0.4, -0.2) is 11.0 Å². The minimum atomic E-state index is -1.05. The van der Waals surface area contributed by atoms with E-state index in [1.54, 1.807) is 0 Å². The highest BCUT2D eigenvalue weighted by Crippen LogP contribution is 2.25. The summed E-state index contributed by atoms with van der Waals surface area (Å²) in [6.45, 7) is 1.53. The molecule has 0 aliphatic heterocycles. The molecule has 84 valence electrons. The average molecular weight is 226 g/mol. The van der Waals surface area contributed by atoms with Crippen molar-refractivity contribution in [3.05, 3.63) is 33.9 Å².